The Morgan fingerprint density at radius 2 is 1.63 bits per heavy atom. The van der Waals surface area contributed by atoms with Crippen LogP contribution in [0.25, 0.3) is 0 Å². The molecule has 30 heavy (non-hydrogen) atoms. The van der Waals surface area contributed by atoms with Gasteiger partial charge in [-0.1, -0.05) is 44.2 Å². The minimum atomic E-state index is 0.0861. The van der Waals surface area contributed by atoms with Gasteiger partial charge >= 0.3 is 0 Å². The highest BCUT2D eigenvalue weighted by Gasteiger charge is 2.30. The van der Waals surface area contributed by atoms with Gasteiger partial charge in [0.2, 0.25) is 0 Å². The summed E-state index contributed by atoms with van der Waals surface area (Å²) < 4.78 is 0. The van der Waals surface area contributed by atoms with E-state index < -0.39 is 0 Å². The summed E-state index contributed by atoms with van der Waals surface area (Å²) in [6, 6.07) is 17.7. The first-order chi connectivity index (χ1) is 14.6. The maximum Gasteiger partial charge on any atom is 0.254 e. The second-order valence-corrected chi connectivity index (χ2v) is 9.00. The molecule has 0 aliphatic carbocycles. The third-order valence-corrected chi connectivity index (χ3v) is 6.56. The highest BCUT2D eigenvalue weighted by Crippen LogP contribution is 2.22. The first kappa shape index (κ1) is 22.4. The van der Waals surface area contributed by atoms with Gasteiger partial charge in [0, 0.05) is 42.6 Å². The van der Waals surface area contributed by atoms with Gasteiger partial charge < -0.3 is 9.80 Å². The number of carbonyl (C=O) groups is 2. The monoisotopic (exact) mass is 424 g/mol. The van der Waals surface area contributed by atoms with Gasteiger partial charge in [0.05, 0.1) is 0 Å². The van der Waals surface area contributed by atoms with E-state index in [0.717, 1.165) is 48.4 Å². The Labute approximate surface area is 184 Å². The van der Waals surface area contributed by atoms with E-state index in [2.05, 4.69) is 26.0 Å². The van der Waals surface area contributed by atoms with Crippen LogP contribution in [0.3, 0.4) is 0 Å². The van der Waals surface area contributed by atoms with E-state index in [-0.39, 0.29) is 17.9 Å². The molecule has 0 unspecified atom stereocenters. The van der Waals surface area contributed by atoms with Crippen LogP contribution in [0.2, 0.25) is 0 Å². The van der Waals surface area contributed by atoms with Crippen molar-refractivity contribution in [3.63, 3.8) is 0 Å². The van der Waals surface area contributed by atoms with E-state index in [1.54, 1.807) is 0 Å². The van der Waals surface area contributed by atoms with Crippen LogP contribution < -0.4 is 0 Å². The molecule has 0 radical (unpaired) electrons. The Bertz CT molecular complexity index is 815. The zero-order valence-electron chi connectivity index (χ0n) is 18.0. The zero-order chi connectivity index (χ0) is 21.3. The van der Waals surface area contributed by atoms with Gasteiger partial charge in [0.1, 0.15) is 0 Å². The number of amides is 2. The minimum absolute atomic E-state index is 0.0861. The van der Waals surface area contributed by atoms with Crippen LogP contribution in [0.4, 0.5) is 0 Å². The van der Waals surface area contributed by atoms with Gasteiger partial charge in [-0.25, -0.2) is 0 Å². The van der Waals surface area contributed by atoms with E-state index in [4.69, 9.17) is 0 Å². The molecule has 2 aromatic carbocycles. The number of rotatable bonds is 8. The second-order valence-electron chi connectivity index (χ2n) is 7.72. The maximum atomic E-state index is 13.2. The maximum absolute atomic E-state index is 13.2. The topological polar surface area (TPSA) is 40.6 Å². The quantitative estimate of drug-likeness (QED) is 0.592. The molecule has 1 fully saturated rings. The van der Waals surface area contributed by atoms with Gasteiger partial charge in [-0.2, -0.15) is 11.8 Å². The fourth-order valence-electron chi connectivity index (χ4n) is 3.96. The van der Waals surface area contributed by atoms with Crippen molar-refractivity contribution in [1.82, 2.24) is 9.80 Å². The fraction of sp³-hybridized carbons (Fsp3) is 0.440. The normalized spacial score (nSPS) is 14.5. The minimum Gasteiger partial charge on any atom is -0.338 e. The molecule has 0 saturated carbocycles. The Kier molecular flexibility index (Phi) is 8.38. The first-order valence-corrected chi connectivity index (χ1v) is 12.1. The second kappa shape index (κ2) is 11.2. The molecule has 1 aliphatic rings. The molecule has 0 aromatic heterocycles. The lowest BCUT2D eigenvalue weighted by Gasteiger charge is -2.38. The molecular formula is C25H32N2O2S. The molecule has 0 N–H and O–H groups in total. The molecular weight excluding hydrogens is 392 g/mol. The van der Waals surface area contributed by atoms with Crippen LogP contribution in [0.1, 0.15) is 59.4 Å². The molecule has 0 bridgehead atoms. The van der Waals surface area contributed by atoms with Crippen molar-refractivity contribution >= 4 is 23.6 Å². The Hall–Kier alpha value is -2.27. The van der Waals surface area contributed by atoms with E-state index in [9.17, 15) is 9.59 Å². The summed E-state index contributed by atoms with van der Waals surface area (Å²) in [5, 5.41) is 0. The van der Waals surface area contributed by atoms with E-state index in [1.165, 1.54) is 5.56 Å². The third kappa shape index (κ3) is 5.66. The lowest BCUT2D eigenvalue weighted by molar-refractivity contribution is 0.0519. The molecule has 2 aromatic rings. The van der Waals surface area contributed by atoms with Crippen molar-refractivity contribution in [2.45, 2.75) is 44.9 Å². The Morgan fingerprint density at radius 3 is 2.23 bits per heavy atom. The molecule has 2 amide bonds. The summed E-state index contributed by atoms with van der Waals surface area (Å²) in [6.07, 6.45) is 2.59. The summed E-state index contributed by atoms with van der Waals surface area (Å²) in [7, 11) is 0. The lowest BCUT2D eigenvalue weighted by atomic mass is 10.0. The zero-order valence-corrected chi connectivity index (χ0v) is 18.9. The summed E-state index contributed by atoms with van der Waals surface area (Å²) in [5.74, 6) is 2.27. The van der Waals surface area contributed by atoms with Crippen LogP contribution in [-0.2, 0) is 5.75 Å². The molecule has 4 nitrogen and oxygen atoms in total. The van der Waals surface area contributed by atoms with Crippen molar-refractivity contribution in [1.29, 1.82) is 0 Å². The third-order valence-electron chi connectivity index (χ3n) is 5.61. The van der Waals surface area contributed by atoms with E-state index in [0.29, 0.717) is 13.1 Å². The number of carbonyl (C=O) groups excluding carboxylic acids is 2. The van der Waals surface area contributed by atoms with Crippen molar-refractivity contribution in [2.24, 2.45) is 0 Å². The number of likely N-dealkylation sites (tertiary alicyclic amines) is 1. The standard InChI is InChI=1S/C25H32N2O2S/c1-3-16-27(25(29)22-12-10-20(11-13-22)19-30-4-2)23-14-17-26(18-15-23)24(28)21-8-6-5-7-9-21/h5-13,23H,3-4,14-19H2,1-2H3. The van der Waals surface area contributed by atoms with Crippen molar-refractivity contribution in [3.05, 3.63) is 71.3 Å². The van der Waals surface area contributed by atoms with Gasteiger partial charge in [-0.15, -0.1) is 0 Å². The van der Waals surface area contributed by atoms with Crippen molar-refractivity contribution in [2.75, 3.05) is 25.4 Å². The van der Waals surface area contributed by atoms with Crippen LogP contribution in [0, 0.1) is 0 Å². The Balaban J connectivity index is 1.62. The highest BCUT2D eigenvalue weighted by molar-refractivity contribution is 7.98. The van der Waals surface area contributed by atoms with Crippen LogP contribution in [0.5, 0.6) is 0 Å². The summed E-state index contributed by atoms with van der Waals surface area (Å²) >= 11 is 1.89. The number of thioether (sulfide) groups is 1. The molecule has 1 aliphatic heterocycles. The first-order valence-electron chi connectivity index (χ1n) is 11.0. The van der Waals surface area contributed by atoms with E-state index >= 15 is 0 Å². The predicted octanol–water partition coefficient (Wildman–Crippen LogP) is 5.10. The Morgan fingerprint density at radius 1 is 0.967 bits per heavy atom. The molecule has 160 valence electrons. The average Bonchev–Trinajstić information content (AvgIpc) is 2.81. The summed E-state index contributed by atoms with van der Waals surface area (Å²) in [4.78, 5) is 29.9. The van der Waals surface area contributed by atoms with Gasteiger partial charge in [0.25, 0.3) is 11.8 Å². The molecule has 0 atom stereocenters. The molecule has 5 heteroatoms. The number of nitrogens with zero attached hydrogens (tertiary/aromatic N) is 2. The highest BCUT2D eigenvalue weighted by atomic mass is 32.2. The summed E-state index contributed by atoms with van der Waals surface area (Å²) in [5.41, 5.74) is 2.75. The van der Waals surface area contributed by atoms with Gasteiger partial charge in [-0.3, -0.25) is 9.59 Å². The number of piperidine rings is 1. The van der Waals surface area contributed by atoms with Crippen LogP contribution >= 0.6 is 11.8 Å². The largest absolute Gasteiger partial charge is 0.338 e. The van der Waals surface area contributed by atoms with E-state index in [1.807, 2.05) is 64.0 Å². The molecule has 1 saturated heterocycles. The van der Waals surface area contributed by atoms with Crippen molar-refractivity contribution < 1.29 is 9.59 Å². The number of hydrogen-bond donors (Lipinski definition) is 0. The molecule has 1 heterocycles. The SMILES string of the molecule is CCCN(C(=O)c1ccc(CSCC)cc1)C1CCN(C(=O)c2ccccc2)CC1. The summed E-state index contributed by atoms with van der Waals surface area (Å²) in [6.45, 7) is 6.41. The molecule has 0 spiro atoms. The van der Waals surface area contributed by atoms with Gasteiger partial charge in [-0.05, 0) is 54.8 Å². The number of hydrogen-bond acceptors (Lipinski definition) is 3. The smallest absolute Gasteiger partial charge is 0.254 e. The van der Waals surface area contributed by atoms with Gasteiger partial charge in [0.15, 0.2) is 0 Å². The number of benzene rings is 2. The van der Waals surface area contributed by atoms with Crippen molar-refractivity contribution in [3.8, 4) is 0 Å². The van der Waals surface area contributed by atoms with Crippen LogP contribution in [-0.4, -0.2) is 53.0 Å². The predicted molar refractivity (Wildman–Crippen MR) is 125 cm³/mol. The molecule has 3 rings (SSSR count). The lowest BCUT2D eigenvalue weighted by Crippen LogP contribution is -2.49. The average molecular weight is 425 g/mol. The fourth-order valence-corrected chi connectivity index (χ4v) is 4.60. The van der Waals surface area contributed by atoms with Crippen LogP contribution in [0.15, 0.2) is 54.6 Å².